The molecule has 0 saturated carbocycles. The minimum atomic E-state index is -0.508. The van der Waals surface area contributed by atoms with Crippen molar-refractivity contribution in [3.05, 3.63) is 16.5 Å². The summed E-state index contributed by atoms with van der Waals surface area (Å²) in [7, 11) is 0. The summed E-state index contributed by atoms with van der Waals surface area (Å²) < 4.78 is 0. The zero-order valence-corrected chi connectivity index (χ0v) is 14.1. The van der Waals surface area contributed by atoms with Gasteiger partial charge in [0.05, 0.1) is 5.41 Å². The van der Waals surface area contributed by atoms with Gasteiger partial charge in [-0.3, -0.25) is 4.79 Å². The molecular formula is C15H23ClN4O. The maximum Gasteiger partial charge on any atom is 0.225 e. The van der Waals surface area contributed by atoms with E-state index in [0.29, 0.717) is 17.5 Å². The molecule has 1 fully saturated rings. The van der Waals surface area contributed by atoms with Crippen molar-refractivity contribution in [3.8, 4) is 0 Å². The van der Waals surface area contributed by atoms with Gasteiger partial charge in [-0.2, -0.15) is 0 Å². The van der Waals surface area contributed by atoms with Crippen LogP contribution in [0.25, 0.3) is 0 Å². The predicted molar refractivity (Wildman–Crippen MR) is 84.6 cm³/mol. The molecule has 2 N–H and O–H groups in total. The summed E-state index contributed by atoms with van der Waals surface area (Å²) in [6.07, 6.45) is 0.730. The van der Waals surface area contributed by atoms with Gasteiger partial charge in [-0.1, -0.05) is 32.4 Å². The Labute approximate surface area is 130 Å². The monoisotopic (exact) mass is 310 g/mol. The topological polar surface area (TPSA) is 72.1 Å². The van der Waals surface area contributed by atoms with Crippen molar-refractivity contribution in [3.63, 3.8) is 0 Å². The first-order chi connectivity index (χ1) is 9.54. The molecule has 1 aromatic rings. The van der Waals surface area contributed by atoms with Crippen LogP contribution in [0.15, 0.2) is 0 Å². The number of rotatable bonds is 2. The Balaban J connectivity index is 2.41. The molecule has 1 saturated heterocycles. The third kappa shape index (κ3) is 2.98. The number of primary amides is 1. The second-order valence-corrected chi connectivity index (χ2v) is 7.49. The summed E-state index contributed by atoms with van der Waals surface area (Å²) in [5.74, 6) is 1.25. The second kappa shape index (κ2) is 5.13. The van der Waals surface area contributed by atoms with Crippen LogP contribution < -0.4 is 10.6 Å². The van der Waals surface area contributed by atoms with E-state index in [1.54, 1.807) is 0 Å². The molecule has 0 bridgehead atoms. The Morgan fingerprint density at radius 3 is 2.48 bits per heavy atom. The van der Waals surface area contributed by atoms with Crippen molar-refractivity contribution in [2.45, 2.75) is 46.5 Å². The third-order valence-corrected chi connectivity index (χ3v) is 4.47. The largest absolute Gasteiger partial charge is 0.369 e. The van der Waals surface area contributed by atoms with Crippen molar-refractivity contribution >= 4 is 23.3 Å². The molecule has 1 aliphatic heterocycles. The number of carbonyl (C=O) groups is 1. The Bertz CT molecular complexity index is 582. The third-order valence-electron chi connectivity index (χ3n) is 4.10. The molecule has 1 unspecified atom stereocenters. The highest BCUT2D eigenvalue weighted by molar-refractivity contribution is 6.30. The predicted octanol–water partition coefficient (Wildman–Crippen LogP) is 2.44. The van der Waals surface area contributed by atoms with Gasteiger partial charge in [0.1, 0.15) is 16.8 Å². The van der Waals surface area contributed by atoms with Crippen LogP contribution in [0.2, 0.25) is 5.15 Å². The molecule has 0 aliphatic carbocycles. The van der Waals surface area contributed by atoms with E-state index in [2.05, 4.69) is 35.6 Å². The van der Waals surface area contributed by atoms with E-state index in [0.717, 1.165) is 24.3 Å². The van der Waals surface area contributed by atoms with E-state index in [1.807, 2.05) is 13.8 Å². The summed E-state index contributed by atoms with van der Waals surface area (Å²) in [6.45, 7) is 11.3. The number of carbonyl (C=O) groups excluding carboxylic acids is 1. The molecular weight excluding hydrogens is 288 g/mol. The minimum Gasteiger partial charge on any atom is -0.369 e. The number of amides is 1. The van der Waals surface area contributed by atoms with Crippen molar-refractivity contribution in [2.24, 2.45) is 11.1 Å². The van der Waals surface area contributed by atoms with Crippen molar-refractivity contribution in [1.29, 1.82) is 0 Å². The Morgan fingerprint density at radius 1 is 1.38 bits per heavy atom. The fraction of sp³-hybridized carbons (Fsp3) is 0.667. The maximum absolute atomic E-state index is 11.6. The molecule has 6 heteroatoms. The molecule has 1 aromatic heterocycles. The van der Waals surface area contributed by atoms with Crippen LogP contribution in [-0.4, -0.2) is 29.0 Å². The molecule has 2 rings (SSSR count). The maximum atomic E-state index is 11.6. The summed E-state index contributed by atoms with van der Waals surface area (Å²) in [4.78, 5) is 22.8. The molecule has 116 valence electrons. The van der Waals surface area contributed by atoms with Gasteiger partial charge < -0.3 is 10.6 Å². The SMILES string of the molecule is Cc1c(Cl)nc(C(C)(C)C)nc1N1CCC(C)(C(N)=O)C1. The van der Waals surface area contributed by atoms with E-state index in [9.17, 15) is 4.79 Å². The Morgan fingerprint density at radius 2 is 2.00 bits per heavy atom. The first-order valence-corrected chi connectivity index (χ1v) is 7.52. The van der Waals surface area contributed by atoms with Crippen molar-refractivity contribution < 1.29 is 4.79 Å². The van der Waals surface area contributed by atoms with Crippen molar-refractivity contribution in [2.75, 3.05) is 18.0 Å². The normalized spacial score (nSPS) is 22.7. The van der Waals surface area contributed by atoms with Gasteiger partial charge in [0.15, 0.2) is 0 Å². The number of hydrogen-bond donors (Lipinski definition) is 1. The molecule has 0 aromatic carbocycles. The van der Waals surface area contributed by atoms with E-state index < -0.39 is 5.41 Å². The number of halogens is 1. The lowest BCUT2D eigenvalue weighted by molar-refractivity contribution is -0.125. The lowest BCUT2D eigenvalue weighted by Crippen LogP contribution is -2.37. The fourth-order valence-electron chi connectivity index (χ4n) is 2.46. The summed E-state index contributed by atoms with van der Waals surface area (Å²) >= 11 is 6.27. The van der Waals surface area contributed by atoms with Crippen LogP contribution in [0.1, 0.15) is 45.5 Å². The highest BCUT2D eigenvalue weighted by atomic mass is 35.5. The smallest absolute Gasteiger partial charge is 0.225 e. The summed E-state index contributed by atoms with van der Waals surface area (Å²) in [5.41, 5.74) is 5.67. The fourth-order valence-corrected chi connectivity index (χ4v) is 2.63. The lowest BCUT2D eigenvalue weighted by Gasteiger charge is -2.25. The zero-order valence-electron chi connectivity index (χ0n) is 13.3. The van der Waals surface area contributed by atoms with Gasteiger partial charge in [0.25, 0.3) is 0 Å². The first kappa shape index (κ1) is 16.0. The van der Waals surface area contributed by atoms with Crippen LogP contribution in [0.4, 0.5) is 5.82 Å². The van der Waals surface area contributed by atoms with Crippen LogP contribution in [0.3, 0.4) is 0 Å². The van der Waals surface area contributed by atoms with E-state index in [4.69, 9.17) is 17.3 Å². The number of hydrogen-bond acceptors (Lipinski definition) is 4. The highest BCUT2D eigenvalue weighted by Crippen LogP contribution is 2.35. The van der Waals surface area contributed by atoms with Gasteiger partial charge in [0, 0.05) is 24.1 Å². The van der Waals surface area contributed by atoms with Gasteiger partial charge in [-0.15, -0.1) is 0 Å². The summed E-state index contributed by atoms with van der Waals surface area (Å²) in [5, 5.41) is 0.470. The molecule has 5 nitrogen and oxygen atoms in total. The molecule has 0 spiro atoms. The van der Waals surface area contributed by atoms with Crippen LogP contribution in [-0.2, 0) is 10.2 Å². The number of nitrogens with zero attached hydrogens (tertiary/aromatic N) is 3. The standard InChI is InChI=1S/C15H23ClN4O/c1-9-10(16)18-13(14(2,3)4)19-11(9)20-7-6-15(5,8-20)12(17)21/h6-8H2,1-5H3,(H2,17,21). The van der Waals surface area contributed by atoms with Gasteiger partial charge >= 0.3 is 0 Å². The van der Waals surface area contributed by atoms with E-state index in [-0.39, 0.29) is 11.3 Å². The number of aromatic nitrogens is 2. The molecule has 1 amide bonds. The minimum absolute atomic E-state index is 0.182. The van der Waals surface area contributed by atoms with Crippen LogP contribution in [0.5, 0.6) is 0 Å². The lowest BCUT2D eigenvalue weighted by atomic mass is 9.89. The van der Waals surface area contributed by atoms with Gasteiger partial charge in [-0.05, 0) is 20.3 Å². The Hall–Kier alpha value is -1.36. The molecule has 1 atom stereocenters. The highest BCUT2D eigenvalue weighted by Gasteiger charge is 2.40. The number of nitrogens with two attached hydrogens (primary N) is 1. The van der Waals surface area contributed by atoms with E-state index >= 15 is 0 Å². The average Bonchev–Trinajstić information content (AvgIpc) is 2.75. The number of anilines is 1. The van der Waals surface area contributed by atoms with Crippen LogP contribution >= 0.6 is 11.6 Å². The summed E-state index contributed by atoms with van der Waals surface area (Å²) in [6, 6.07) is 0. The van der Waals surface area contributed by atoms with Crippen LogP contribution in [0, 0.1) is 12.3 Å². The molecule has 21 heavy (non-hydrogen) atoms. The first-order valence-electron chi connectivity index (χ1n) is 7.14. The molecule has 2 heterocycles. The average molecular weight is 311 g/mol. The Kier molecular flexibility index (Phi) is 3.91. The molecule has 1 aliphatic rings. The quantitative estimate of drug-likeness (QED) is 0.852. The van der Waals surface area contributed by atoms with Gasteiger partial charge in [-0.25, -0.2) is 9.97 Å². The van der Waals surface area contributed by atoms with E-state index in [1.165, 1.54) is 0 Å². The second-order valence-electron chi connectivity index (χ2n) is 7.13. The zero-order chi connectivity index (χ0) is 16.0. The molecule has 0 radical (unpaired) electrons. The van der Waals surface area contributed by atoms with Crippen molar-refractivity contribution in [1.82, 2.24) is 9.97 Å². The van der Waals surface area contributed by atoms with Gasteiger partial charge in [0.2, 0.25) is 5.91 Å².